The Hall–Kier alpha value is -2.45. The smallest absolute Gasteiger partial charge is 0.103 e. The summed E-state index contributed by atoms with van der Waals surface area (Å²) in [7, 11) is 0. The Morgan fingerprint density at radius 1 is 1.26 bits per heavy atom. The second kappa shape index (κ2) is 5.04. The summed E-state index contributed by atoms with van der Waals surface area (Å²) < 4.78 is 0. The van der Waals surface area contributed by atoms with Gasteiger partial charge in [-0.25, -0.2) is 0 Å². The summed E-state index contributed by atoms with van der Waals surface area (Å²) in [6, 6.07) is 9.98. The SMILES string of the molecule is N#Cc1cnc2ccccc2c1NCc1cncs1. The van der Waals surface area contributed by atoms with Crippen molar-refractivity contribution in [1.29, 1.82) is 5.26 Å². The fourth-order valence-corrected chi connectivity index (χ4v) is 2.46. The molecule has 0 saturated carbocycles. The number of benzene rings is 1. The number of nitrogens with one attached hydrogen (secondary N) is 1. The molecule has 4 nitrogen and oxygen atoms in total. The molecule has 1 aromatic carbocycles. The zero-order chi connectivity index (χ0) is 13.1. The van der Waals surface area contributed by atoms with Crippen molar-refractivity contribution < 1.29 is 0 Å². The molecule has 0 atom stereocenters. The van der Waals surface area contributed by atoms with Crippen LogP contribution in [0.5, 0.6) is 0 Å². The summed E-state index contributed by atoms with van der Waals surface area (Å²) in [5, 5.41) is 13.5. The Morgan fingerprint density at radius 2 is 2.16 bits per heavy atom. The van der Waals surface area contributed by atoms with Gasteiger partial charge in [-0.3, -0.25) is 9.97 Å². The largest absolute Gasteiger partial charge is 0.378 e. The van der Waals surface area contributed by atoms with E-state index in [4.69, 9.17) is 0 Å². The highest BCUT2D eigenvalue weighted by Gasteiger charge is 2.08. The van der Waals surface area contributed by atoms with Gasteiger partial charge in [-0.15, -0.1) is 11.3 Å². The number of pyridine rings is 1. The topological polar surface area (TPSA) is 61.6 Å². The maximum Gasteiger partial charge on any atom is 0.103 e. The lowest BCUT2D eigenvalue weighted by Crippen LogP contribution is -2.01. The van der Waals surface area contributed by atoms with E-state index in [1.54, 1.807) is 23.0 Å². The molecule has 2 heterocycles. The second-order valence-electron chi connectivity index (χ2n) is 4.00. The molecule has 0 spiro atoms. The highest BCUT2D eigenvalue weighted by atomic mass is 32.1. The summed E-state index contributed by atoms with van der Waals surface area (Å²) in [6.45, 7) is 0.660. The predicted octanol–water partition coefficient (Wildman–Crippen LogP) is 3.18. The number of aromatic nitrogens is 2. The zero-order valence-electron chi connectivity index (χ0n) is 10.00. The van der Waals surface area contributed by atoms with Crippen molar-refractivity contribution in [2.24, 2.45) is 0 Å². The molecule has 0 unspecified atom stereocenters. The number of hydrogen-bond donors (Lipinski definition) is 1. The quantitative estimate of drug-likeness (QED) is 0.791. The van der Waals surface area contributed by atoms with E-state index in [1.807, 2.05) is 30.5 Å². The molecule has 0 fully saturated rings. The van der Waals surface area contributed by atoms with Gasteiger partial charge in [-0.05, 0) is 6.07 Å². The summed E-state index contributed by atoms with van der Waals surface area (Å²) in [5.74, 6) is 0. The highest BCUT2D eigenvalue weighted by molar-refractivity contribution is 7.09. The standard InChI is InChI=1S/C14H10N4S/c15-5-10-6-17-13-4-2-1-3-12(13)14(10)18-8-11-7-16-9-19-11/h1-4,6-7,9H,8H2,(H,17,18). The van der Waals surface area contributed by atoms with Gasteiger partial charge >= 0.3 is 0 Å². The van der Waals surface area contributed by atoms with Crippen LogP contribution in [-0.2, 0) is 6.54 Å². The third-order valence-electron chi connectivity index (χ3n) is 2.82. The van der Waals surface area contributed by atoms with Gasteiger partial charge in [0.15, 0.2) is 0 Å². The minimum atomic E-state index is 0.559. The van der Waals surface area contributed by atoms with Crippen molar-refractivity contribution >= 4 is 27.9 Å². The molecule has 19 heavy (non-hydrogen) atoms. The van der Waals surface area contributed by atoms with Gasteiger partial charge in [0.2, 0.25) is 0 Å². The maximum absolute atomic E-state index is 9.20. The Bertz CT molecular complexity index is 744. The number of thiazole rings is 1. The van der Waals surface area contributed by atoms with Crippen LogP contribution in [0.4, 0.5) is 5.69 Å². The third-order valence-corrected chi connectivity index (χ3v) is 3.60. The number of hydrogen-bond acceptors (Lipinski definition) is 5. The van der Waals surface area contributed by atoms with E-state index >= 15 is 0 Å². The molecule has 0 radical (unpaired) electrons. The van der Waals surface area contributed by atoms with Crippen LogP contribution < -0.4 is 5.32 Å². The molecule has 0 bridgehead atoms. The molecule has 1 N–H and O–H groups in total. The number of nitrogens with zero attached hydrogens (tertiary/aromatic N) is 3. The van der Waals surface area contributed by atoms with E-state index in [0.717, 1.165) is 21.5 Å². The summed E-state index contributed by atoms with van der Waals surface area (Å²) in [6.07, 6.45) is 3.43. The molecule has 5 heteroatoms. The van der Waals surface area contributed by atoms with E-state index in [-0.39, 0.29) is 0 Å². The minimum Gasteiger partial charge on any atom is -0.378 e. The van der Waals surface area contributed by atoms with E-state index in [9.17, 15) is 5.26 Å². The average Bonchev–Trinajstić information content (AvgIpc) is 2.97. The first-order chi connectivity index (χ1) is 9.38. The van der Waals surface area contributed by atoms with Gasteiger partial charge in [0, 0.05) is 22.7 Å². The van der Waals surface area contributed by atoms with Gasteiger partial charge in [-0.2, -0.15) is 5.26 Å². The molecule has 92 valence electrons. The van der Waals surface area contributed by atoms with E-state index in [1.165, 1.54) is 0 Å². The molecule has 0 aliphatic carbocycles. The Labute approximate surface area is 114 Å². The molecule has 0 saturated heterocycles. The van der Waals surface area contributed by atoms with E-state index in [0.29, 0.717) is 12.1 Å². The molecule has 2 aromatic heterocycles. The lowest BCUT2D eigenvalue weighted by Gasteiger charge is -2.10. The number of anilines is 1. The molecule has 0 aliphatic heterocycles. The molecule has 3 aromatic rings. The van der Waals surface area contributed by atoms with Crippen LogP contribution in [-0.4, -0.2) is 9.97 Å². The van der Waals surface area contributed by atoms with E-state index in [2.05, 4.69) is 21.4 Å². The number of nitriles is 1. The monoisotopic (exact) mass is 266 g/mol. The lowest BCUT2D eigenvalue weighted by molar-refractivity contribution is 1.17. The third kappa shape index (κ3) is 2.26. The first-order valence-corrected chi connectivity index (χ1v) is 6.65. The minimum absolute atomic E-state index is 0.559. The highest BCUT2D eigenvalue weighted by Crippen LogP contribution is 2.26. The van der Waals surface area contributed by atoms with Gasteiger partial charge < -0.3 is 5.32 Å². The van der Waals surface area contributed by atoms with Crippen molar-refractivity contribution in [3.05, 3.63) is 52.6 Å². The van der Waals surface area contributed by atoms with Crippen LogP contribution in [0, 0.1) is 11.3 Å². The first-order valence-electron chi connectivity index (χ1n) is 5.77. The Morgan fingerprint density at radius 3 is 2.95 bits per heavy atom. The Balaban J connectivity index is 2.02. The number of rotatable bonds is 3. The van der Waals surface area contributed by atoms with Gasteiger partial charge in [-0.1, -0.05) is 18.2 Å². The van der Waals surface area contributed by atoms with Gasteiger partial charge in [0.25, 0.3) is 0 Å². The zero-order valence-corrected chi connectivity index (χ0v) is 10.8. The van der Waals surface area contributed by atoms with Crippen molar-refractivity contribution in [2.75, 3.05) is 5.32 Å². The number of para-hydroxylation sites is 1. The van der Waals surface area contributed by atoms with Crippen LogP contribution in [0.1, 0.15) is 10.4 Å². The molecule has 0 aliphatic rings. The van der Waals surface area contributed by atoms with Crippen LogP contribution in [0.25, 0.3) is 10.9 Å². The fraction of sp³-hybridized carbons (Fsp3) is 0.0714. The first kappa shape index (κ1) is 11.6. The van der Waals surface area contributed by atoms with Crippen molar-refractivity contribution in [1.82, 2.24) is 9.97 Å². The maximum atomic E-state index is 9.20. The Kier molecular flexibility index (Phi) is 3.09. The van der Waals surface area contributed by atoms with Crippen molar-refractivity contribution in [2.45, 2.75) is 6.54 Å². The van der Waals surface area contributed by atoms with Crippen LogP contribution in [0.2, 0.25) is 0 Å². The van der Waals surface area contributed by atoms with Crippen molar-refractivity contribution in [3.8, 4) is 6.07 Å². The fourth-order valence-electron chi connectivity index (χ4n) is 1.92. The average molecular weight is 266 g/mol. The molecule has 0 amide bonds. The summed E-state index contributed by atoms with van der Waals surface area (Å²) >= 11 is 1.59. The van der Waals surface area contributed by atoms with Crippen LogP contribution in [0.3, 0.4) is 0 Å². The summed E-state index contributed by atoms with van der Waals surface area (Å²) in [4.78, 5) is 9.46. The second-order valence-corrected chi connectivity index (χ2v) is 4.97. The van der Waals surface area contributed by atoms with E-state index < -0.39 is 0 Å². The normalized spacial score (nSPS) is 10.3. The van der Waals surface area contributed by atoms with Crippen LogP contribution >= 0.6 is 11.3 Å². The molecular weight excluding hydrogens is 256 g/mol. The predicted molar refractivity (Wildman–Crippen MR) is 75.9 cm³/mol. The molecule has 3 rings (SSSR count). The van der Waals surface area contributed by atoms with Gasteiger partial charge in [0.05, 0.1) is 28.8 Å². The van der Waals surface area contributed by atoms with Crippen LogP contribution in [0.15, 0.2) is 42.2 Å². The lowest BCUT2D eigenvalue weighted by atomic mass is 10.1. The van der Waals surface area contributed by atoms with Crippen molar-refractivity contribution in [3.63, 3.8) is 0 Å². The molecular formula is C14H10N4S. The van der Waals surface area contributed by atoms with Gasteiger partial charge in [0.1, 0.15) is 6.07 Å². The number of fused-ring (bicyclic) bond motifs is 1. The summed E-state index contributed by atoms with van der Waals surface area (Å²) in [5.41, 5.74) is 4.07.